The van der Waals surface area contributed by atoms with Crippen molar-refractivity contribution >= 4 is 30.5 Å². The molecule has 2 nitrogen and oxygen atoms in total. The van der Waals surface area contributed by atoms with Crippen LogP contribution in [0, 0.1) is 18.6 Å². The minimum atomic E-state index is -0.738. The van der Waals surface area contributed by atoms with E-state index in [4.69, 9.17) is 18.6 Å². The van der Waals surface area contributed by atoms with Gasteiger partial charge >= 0.3 is 35.6 Å². The molecule has 0 amide bonds. The Labute approximate surface area is 138 Å². The van der Waals surface area contributed by atoms with Gasteiger partial charge in [-0.3, -0.25) is 4.99 Å². The van der Waals surface area contributed by atoms with Gasteiger partial charge in [0.15, 0.2) is 5.82 Å². The van der Waals surface area contributed by atoms with E-state index in [0.29, 0.717) is 11.1 Å². The molecule has 0 fully saturated rings. The van der Waals surface area contributed by atoms with Crippen LogP contribution in [0.1, 0.15) is 11.1 Å². The van der Waals surface area contributed by atoms with Crippen molar-refractivity contribution in [1.29, 1.82) is 0 Å². The fourth-order valence-corrected chi connectivity index (χ4v) is 1.51. The summed E-state index contributed by atoms with van der Waals surface area (Å²) in [7, 11) is 9.78. The van der Waals surface area contributed by atoms with Gasteiger partial charge in [0, 0.05) is 17.8 Å². The number of aliphatic imine (C=N–C) groups is 1. The van der Waals surface area contributed by atoms with Crippen LogP contribution in [0.25, 0.3) is 0 Å². The van der Waals surface area contributed by atoms with Gasteiger partial charge in [-0.05, 0) is 30.7 Å². The second-order valence-corrected chi connectivity index (χ2v) is 6.52. The van der Waals surface area contributed by atoms with Crippen molar-refractivity contribution in [2.75, 3.05) is 0 Å². The molecule has 0 aliphatic rings. The Morgan fingerprint density at radius 3 is 2.48 bits per heavy atom. The van der Waals surface area contributed by atoms with Crippen molar-refractivity contribution in [2.45, 2.75) is 6.92 Å². The third kappa shape index (κ3) is 5.75. The first-order chi connectivity index (χ1) is 9.99. The van der Waals surface area contributed by atoms with Gasteiger partial charge in [0.25, 0.3) is 0 Å². The van der Waals surface area contributed by atoms with Gasteiger partial charge in [-0.1, -0.05) is 12.1 Å². The quantitative estimate of drug-likeness (QED) is 0.582. The van der Waals surface area contributed by atoms with Crippen LogP contribution in [0.3, 0.4) is 0 Å². The minimum absolute atomic E-state index is 0.0253. The number of benzene rings is 2. The summed E-state index contributed by atoms with van der Waals surface area (Å²) in [6.07, 6.45) is 1.35. The molecule has 0 atom stereocenters. The molecule has 0 unspecified atom stereocenters. The molecule has 1 N–H and O–H groups in total. The summed E-state index contributed by atoms with van der Waals surface area (Å²) in [6.45, 7) is 1.76. The Balaban J connectivity index is 0.000000677. The topological polar surface area (TPSA) is 32.6 Å². The van der Waals surface area contributed by atoms with Gasteiger partial charge < -0.3 is 5.11 Å². The van der Waals surface area contributed by atoms with Crippen molar-refractivity contribution in [3.8, 4) is 5.75 Å². The van der Waals surface area contributed by atoms with Crippen LogP contribution in [0.5, 0.6) is 5.75 Å². The fraction of sp³-hybridized carbons (Fsp3) is 0.0714. The molecule has 0 spiro atoms. The number of para-hydroxylation sites is 1. The summed E-state index contributed by atoms with van der Waals surface area (Å²) in [4.78, 5) is 3.89. The first kappa shape index (κ1) is 18.1. The summed E-state index contributed by atoms with van der Waals surface area (Å²) in [5.74, 6) is -1.29. The number of halogens is 4. The molecule has 0 saturated carbocycles. The van der Waals surface area contributed by atoms with Crippen molar-refractivity contribution in [2.24, 2.45) is 4.99 Å². The van der Waals surface area contributed by atoms with E-state index in [1.54, 1.807) is 25.1 Å². The number of nitrogens with zero attached hydrogens (tertiary/aromatic N) is 1. The molecular formula is C14H11Cl2F2NOTi. The van der Waals surface area contributed by atoms with Crippen LogP contribution in [-0.4, -0.2) is 11.3 Å². The Bertz CT molecular complexity index is 638. The third-order valence-corrected chi connectivity index (χ3v) is 2.52. The van der Waals surface area contributed by atoms with Gasteiger partial charge in [0.05, 0.1) is 5.69 Å². The van der Waals surface area contributed by atoms with Crippen molar-refractivity contribution in [3.63, 3.8) is 0 Å². The first-order valence-corrected chi connectivity index (χ1v) is 10.0. The summed E-state index contributed by atoms with van der Waals surface area (Å²) >= 11 is -0.556. The van der Waals surface area contributed by atoms with Crippen LogP contribution < -0.4 is 0 Å². The van der Waals surface area contributed by atoms with Crippen molar-refractivity contribution in [3.05, 3.63) is 59.2 Å². The zero-order valence-corrected chi connectivity index (χ0v) is 14.0. The number of rotatable bonds is 2. The van der Waals surface area contributed by atoms with Crippen LogP contribution >= 0.6 is 18.6 Å². The first-order valence-electron chi connectivity index (χ1n) is 5.73. The van der Waals surface area contributed by atoms with Crippen LogP contribution in [-0.2, 0) is 17.0 Å². The Hall–Kier alpha value is -0.936. The zero-order chi connectivity index (χ0) is 15.8. The number of phenols is 1. The predicted octanol–water partition coefficient (Wildman–Crippen LogP) is 5.11. The molecule has 110 valence electrons. The summed E-state index contributed by atoms with van der Waals surface area (Å²) in [5, 5.41) is 9.74. The molecule has 0 bridgehead atoms. The van der Waals surface area contributed by atoms with E-state index in [1.807, 2.05) is 0 Å². The molecule has 7 heteroatoms. The molecule has 0 aliphatic heterocycles. The maximum atomic E-state index is 13.3. The summed E-state index contributed by atoms with van der Waals surface area (Å²) in [6, 6.07) is 8.32. The zero-order valence-electron chi connectivity index (χ0n) is 10.9. The van der Waals surface area contributed by atoms with Gasteiger partial charge in [-0.2, -0.15) is 0 Å². The van der Waals surface area contributed by atoms with Crippen LogP contribution in [0.2, 0.25) is 0 Å². The molecule has 21 heavy (non-hydrogen) atoms. The summed E-state index contributed by atoms with van der Waals surface area (Å²) in [5.41, 5.74) is 1.22. The van der Waals surface area contributed by atoms with E-state index >= 15 is 0 Å². The predicted molar refractivity (Wildman–Crippen MR) is 78.2 cm³/mol. The second kappa shape index (κ2) is 9.16. The second-order valence-electron chi connectivity index (χ2n) is 3.94. The molecule has 0 aromatic heterocycles. The Morgan fingerprint density at radius 2 is 1.86 bits per heavy atom. The molecule has 0 saturated heterocycles. The van der Waals surface area contributed by atoms with Gasteiger partial charge in [0.1, 0.15) is 11.6 Å². The molecule has 0 heterocycles. The van der Waals surface area contributed by atoms with Gasteiger partial charge in [0.2, 0.25) is 0 Å². The van der Waals surface area contributed by atoms with E-state index < -0.39 is 28.7 Å². The molecular weight excluding hydrogens is 355 g/mol. The van der Waals surface area contributed by atoms with E-state index in [9.17, 15) is 13.9 Å². The number of phenolic OH excluding ortho intramolecular Hbond substituents is 1. The number of hydrogen-bond donors (Lipinski definition) is 1. The van der Waals surface area contributed by atoms with E-state index in [0.717, 1.165) is 12.1 Å². The SMILES string of the molecule is Cc1cccc(C=Nc2ccc(F)cc2F)c1O.[Cl][Ti][Cl]. The van der Waals surface area contributed by atoms with Gasteiger partial charge in [-0.15, -0.1) is 0 Å². The van der Waals surface area contributed by atoms with E-state index in [1.165, 1.54) is 12.3 Å². The fourth-order valence-electron chi connectivity index (χ4n) is 1.51. The molecule has 0 aliphatic carbocycles. The van der Waals surface area contributed by atoms with Crippen LogP contribution in [0.4, 0.5) is 14.5 Å². The van der Waals surface area contributed by atoms with E-state index in [2.05, 4.69) is 4.99 Å². The Kier molecular flexibility index (Phi) is 7.90. The Morgan fingerprint density at radius 1 is 1.19 bits per heavy atom. The molecule has 2 rings (SSSR count). The number of hydrogen-bond acceptors (Lipinski definition) is 2. The van der Waals surface area contributed by atoms with Gasteiger partial charge in [-0.25, -0.2) is 8.78 Å². The average Bonchev–Trinajstić information content (AvgIpc) is 2.43. The summed E-state index contributed by atoms with van der Waals surface area (Å²) < 4.78 is 26.0. The monoisotopic (exact) mass is 365 g/mol. The average molecular weight is 366 g/mol. The number of aryl methyl sites for hydroxylation is 1. The molecule has 2 aromatic rings. The van der Waals surface area contributed by atoms with Crippen LogP contribution in [0.15, 0.2) is 41.4 Å². The van der Waals surface area contributed by atoms with Crippen molar-refractivity contribution in [1.82, 2.24) is 0 Å². The maximum absolute atomic E-state index is 13.3. The van der Waals surface area contributed by atoms with Crippen molar-refractivity contribution < 1.29 is 30.9 Å². The molecule has 0 radical (unpaired) electrons. The standard InChI is InChI=1S/C14H11F2NO.2ClH.Ti/c1-9-3-2-4-10(14(9)18)8-17-13-6-5-11(15)7-12(13)16;;;/h2-8,18H,1H3;2*1H;/q;;;+2/p-2. The van der Waals surface area contributed by atoms with E-state index in [-0.39, 0.29) is 11.4 Å². The molecule has 2 aromatic carbocycles. The normalized spacial score (nSPS) is 10.1. The third-order valence-electron chi connectivity index (χ3n) is 2.52. The number of aromatic hydroxyl groups is 1.